The molecule has 31 heavy (non-hydrogen) atoms. The molecule has 2 heterocycles. The summed E-state index contributed by atoms with van der Waals surface area (Å²) in [5.41, 5.74) is 3.54. The second-order valence-electron chi connectivity index (χ2n) is 8.54. The lowest BCUT2D eigenvalue weighted by molar-refractivity contribution is -0.140. The van der Waals surface area contributed by atoms with Gasteiger partial charge in [0, 0.05) is 25.3 Å². The third-order valence-corrected chi connectivity index (χ3v) is 6.36. The molecule has 0 saturated carbocycles. The Morgan fingerprint density at radius 1 is 1.10 bits per heavy atom. The van der Waals surface area contributed by atoms with Gasteiger partial charge in [0.2, 0.25) is 17.8 Å². The molecule has 3 aliphatic rings. The number of amides is 2. The third-order valence-electron chi connectivity index (χ3n) is 6.36. The van der Waals surface area contributed by atoms with Crippen molar-refractivity contribution in [3.63, 3.8) is 0 Å². The van der Waals surface area contributed by atoms with Gasteiger partial charge in [-0.2, -0.15) is 5.26 Å². The largest absolute Gasteiger partial charge is 0.341 e. The molecular weight excluding hydrogens is 392 g/mol. The lowest BCUT2D eigenvalue weighted by Gasteiger charge is -2.25. The fourth-order valence-electron chi connectivity index (χ4n) is 4.68. The zero-order valence-corrected chi connectivity index (χ0v) is 17.9. The van der Waals surface area contributed by atoms with Crippen LogP contribution < -0.4 is 10.6 Å². The summed E-state index contributed by atoms with van der Waals surface area (Å²) in [7, 11) is 0. The maximum atomic E-state index is 13.2. The minimum absolute atomic E-state index is 0.0159. The molecule has 1 atom stereocenters. The van der Waals surface area contributed by atoms with E-state index in [1.54, 1.807) is 4.90 Å². The average molecular weight is 423 g/mol. The van der Waals surface area contributed by atoms with Crippen molar-refractivity contribution in [2.24, 2.45) is 4.99 Å². The highest BCUT2D eigenvalue weighted by molar-refractivity contribution is 5.97. The van der Waals surface area contributed by atoms with Crippen molar-refractivity contribution < 1.29 is 9.59 Å². The number of nitrogens with one attached hydrogen (secondary N) is 2. The number of hydrogen-bond acceptors (Lipinski definition) is 4. The van der Waals surface area contributed by atoms with Crippen LogP contribution in [0.3, 0.4) is 0 Å². The average Bonchev–Trinajstić information content (AvgIpc) is 3.43. The molecule has 0 radical (unpaired) electrons. The van der Waals surface area contributed by atoms with Crippen LogP contribution in [0.15, 0.2) is 23.2 Å². The summed E-state index contributed by atoms with van der Waals surface area (Å²) in [6.45, 7) is 2.25. The molecule has 8 nitrogen and oxygen atoms in total. The van der Waals surface area contributed by atoms with Crippen LogP contribution in [0.2, 0.25) is 0 Å². The van der Waals surface area contributed by atoms with E-state index in [4.69, 9.17) is 0 Å². The third kappa shape index (κ3) is 5.16. The minimum atomic E-state index is -0.605. The molecular formula is C23H30N6O2. The Labute approximate surface area is 183 Å². The number of fused-ring (bicyclic) bond motifs is 1. The molecule has 2 fully saturated rings. The van der Waals surface area contributed by atoms with E-state index in [1.807, 2.05) is 17.2 Å². The maximum absolute atomic E-state index is 13.2. The number of guanidine groups is 1. The van der Waals surface area contributed by atoms with Crippen LogP contribution in [0.5, 0.6) is 0 Å². The number of likely N-dealkylation sites (tertiary alicyclic amines) is 2. The number of benzene rings is 1. The Kier molecular flexibility index (Phi) is 6.70. The molecule has 2 N–H and O–H groups in total. The number of nitrogens with zero attached hydrogens (tertiary/aromatic N) is 4. The standard InChI is InChI=1S/C23H30N6O2/c24-16-25-23(26-19-10-9-17-6-5-7-18(17)14-19)27-20-8-1-2-13-29(22(20)31)15-21(30)28-11-3-4-12-28/h9-10,14,20H,1-8,11-13,15H2,(H2,25,26,27). The molecule has 2 saturated heterocycles. The van der Waals surface area contributed by atoms with Gasteiger partial charge in [-0.25, -0.2) is 4.99 Å². The minimum Gasteiger partial charge on any atom is -0.341 e. The number of rotatable bonds is 4. The van der Waals surface area contributed by atoms with Crippen LogP contribution in [0, 0.1) is 11.5 Å². The maximum Gasteiger partial charge on any atom is 0.247 e. The molecule has 2 amide bonds. The van der Waals surface area contributed by atoms with Gasteiger partial charge in [-0.15, -0.1) is 0 Å². The lowest BCUT2D eigenvalue weighted by Crippen LogP contribution is -2.45. The highest BCUT2D eigenvalue weighted by Gasteiger charge is 2.30. The summed E-state index contributed by atoms with van der Waals surface area (Å²) in [6, 6.07) is 5.57. The molecule has 4 rings (SSSR count). The van der Waals surface area contributed by atoms with Crippen molar-refractivity contribution in [2.45, 2.75) is 57.4 Å². The molecule has 0 aromatic heterocycles. The second-order valence-corrected chi connectivity index (χ2v) is 8.54. The molecule has 0 bridgehead atoms. The van der Waals surface area contributed by atoms with E-state index in [0.717, 1.165) is 57.3 Å². The van der Waals surface area contributed by atoms with Crippen molar-refractivity contribution >= 4 is 23.5 Å². The lowest BCUT2D eigenvalue weighted by atomic mass is 10.1. The summed E-state index contributed by atoms with van der Waals surface area (Å²) in [5.74, 6) is 0.145. The smallest absolute Gasteiger partial charge is 0.247 e. The molecule has 1 aromatic carbocycles. The number of aliphatic imine (C=N–C) groups is 1. The van der Waals surface area contributed by atoms with Gasteiger partial charge in [-0.1, -0.05) is 6.07 Å². The van der Waals surface area contributed by atoms with Gasteiger partial charge in [0.1, 0.15) is 6.04 Å². The van der Waals surface area contributed by atoms with Crippen molar-refractivity contribution in [1.29, 1.82) is 5.26 Å². The monoisotopic (exact) mass is 422 g/mol. The topological polar surface area (TPSA) is 101 Å². The predicted octanol–water partition coefficient (Wildman–Crippen LogP) is 2.02. The van der Waals surface area contributed by atoms with Crippen LogP contribution in [-0.2, 0) is 22.4 Å². The first-order valence-corrected chi connectivity index (χ1v) is 11.3. The van der Waals surface area contributed by atoms with Crippen molar-refractivity contribution in [3.05, 3.63) is 29.3 Å². The summed E-state index contributed by atoms with van der Waals surface area (Å²) in [6.07, 6.45) is 9.62. The molecule has 164 valence electrons. The highest BCUT2D eigenvalue weighted by atomic mass is 16.2. The molecule has 8 heteroatoms. The number of hydrogen-bond donors (Lipinski definition) is 2. The quantitative estimate of drug-likeness (QED) is 0.335. The van der Waals surface area contributed by atoms with Crippen LogP contribution in [0.4, 0.5) is 5.69 Å². The highest BCUT2D eigenvalue weighted by Crippen LogP contribution is 2.25. The normalized spacial score (nSPS) is 21.5. The molecule has 1 aromatic rings. The van der Waals surface area contributed by atoms with Gasteiger partial charge in [-0.3, -0.25) is 14.9 Å². The van der Waals surface area contributed by atoms with E-state index >= 15 is 0 Å². The zero-order chi connectivity index (χ0) is 21.6. The van der Waals surface area contributed by atoms with Gasteiger partial charge >= 0.3 is 0 Å². The number of nitriles is 1. The first-order chi connectivity index (χ1) is 15.1. The number of carbonyl (C=O) groups excluding carboxylic acids is 2. The van der Waals surface area contributed by atoms with Gasteiger partial charge < -0.3 is 15.1 Å². The van der Waals surface area contributed by atoms with Crippen LogP contribution >= 0.6 is 0 Å². The summed E-state index contributed by atoms with van der Waals surface area (Å²) >= 11 is 0. The van der Waals surface area contributed by atoms with E-state index in [0.29, 0.717) is 13.0 Å². The Morgan fingerprint density at radius 2 is 1.87 bits per heavy atom. The van der Waals surface area contributed by atoms with Gasteiger partial charge in [0.05, 0.1) is 6.54 Å². The molecule has 1 aliphatic carbocycles. The van der Waals surface area contributed by atoms with E-state index in [-0.39, 0.29) is 24.3 Å². The first-order valence-electron chi connectivity index (χ1n) is 11.3. The van der Waals surface area contributed by atoms with Crippen molar-refractivity contribution in [3.8, 4) is 6.19 Å². The van der Waals surface area contributed by atoms with Gasteiger partial charge in [0.25, 0.3) is 0 Å². The van der Waals surface area contributed by atoms with E-state index in [9.17, 15) is 14.9 Å². The first kappa shape index (κ1) is 21.2. The fourth-order valence-corrected chi connectivity index (χ4v) is 4.68. The zero-order valence-electron chi connectivity index (χ0n) is 17.9. The summed E-state index contributed by atoms with van der Waals surface area (Å²) in [4.78, 5) is 33.8. The number of carbonyl (C=O) groups is 2. The van der Waals surface area contributed by atoms with E-state index in [1.165, 1.54) is 17.5 Å². The van der Waals surface area contributed by atoms with Crippen LogP contribution in [0.1, 0.15) is 49.7 Å². The molecule has 2 aliphatic heterocycles. The SMILES string of the molecule is N#CNC(=NC1CCCCN(CC(=O)N2CCCC2)C1=O)Nc1ccc2c(c1)CCC2. The van der Waals surface area contributed by atoms with Gasteiger partial charge in [-0.05, 0) is 74.6 Å². The Morgan fingerprint density at radius 3 is 2.68 bits per heavy atom. The molecule has 1 unspecified atom stereocenters. The van der Waals surface area contributed by atoms with Crippen molar-refractivity contribution in [1.82, 2.24) is 15.1 Å². The Balaban J connectivity index is 1.47. The Hall–Kier alpha value is -3.08. The van der Waals surface area contributed by atoms with Crippen LogP contribution in [-0.4, -0.2) is 59.8 Å². The summed E-state index contributed by atoms with van der Waals surface area (Å²) in [5, 5.41) is 14.9. The van der Waals surface area contributed by atoms with E-state index in [2.05, 4.69) is 27.8 Å². The van der Waals surface area contributed by atoms with Crippen LogP contribution in [0.25, 0.3) is 0 Å². The Bertz CT molecular complexity index is 900. The number of aryl methyl sites for hydroxylation is 2. The van der Waals surface area contributed by atoms with Gasteiger partial charge in [0.15, 0.2) is 6.19 Å². The van der Waals surface area contributed by atoms with E-state index < -0.39 is 6.04 Å². The second kappa shape index (κ2) is 9.82. The predicted molar refractivity (Wildman–Crippen MR) is 118 cm³/mol. The molecule has 0 spiro atoms. The fraction of sp³-hybridized carbons (Fsp3) is 0.565. The summed E-state index contributed by atoms with van der Waals surface area (Å²) < 4.78 is 0. The van der Waals surface area contributed by atoms with Crippen molar-refractivity contribution in [2.75, 3.05) is 31.5 Å². The number of anilines is 1.